The zero-order valence-corrected chi connectivity index (χ0v) is 10.2. The zero-order valence-electron chi connectivity index (χ0n) is 9.41. The lowest BCUT2D eigenvalue weighted by atomic mass is 10.4. The Labute approximate surface area is 109 Å². The van der Waals surface area contributed by atoms with Crippen molar-refractivity contribution in [3.63, 3.8) is 0 Å². The number of nitrogens with zero attached hydrogens (tertiary/aromatic N) is 3. The molecule has 0 fully saturated rings. The maximum absolute atomic E-state index is 11.8. The van der Waals surface area contributed by atoms with Crippen LogP contribution in [0, 0.1) is 0 Å². The Kier molecular flexibility index (Phi) is 3.74. The molecular weight excluding hydrogens is 254 g/mol. The minimum atomic E-state index is -0.516. The number of aromatic nitrogens is 3. The molecule has 0 unspecified atom stereocenters. The van der Waals surface area contributed by atoms with Crippen molar-refractivity contribution in [3.05, 3.63) is 54.1 Å². The summed E-state index contributed by atoms with van der Waals surface area (Å²) in [6.07, 6.45) is 4.70. The summed E-state index contributed by atoms with van der Waals surface area (Å²) in [7, 11) is 0. The lowest BCUT2D eigenvalue weighted by Crippen LogP contribution is -2.12. The van der Waals surface area contributed by atoms with Crippen LogP contribution in [0.3, 0.4) is 0 Å². The van der Waals surface area contributed by atoms with E-state index in [9.17, 15) is 4.79 Å². The molecule has 0 aliphatic rings. The molecule has 0 spiro atoms. The number of pyridine rings is 1. The molecule has 0 saturated carbocycles. The van der Waals surface area contributed by atoms with E-state index in [2.05, 4.69) is 16.7 Å². The molecule has 18 heavy (non-hydrogen) atoms. The van der Waals surface area contributed by atoms with E-state index in [-0.39, 0.29) is 17.5 Å². The van der Waals surface area contributed by atoms with Gasteiger partial charge in [0.2, 0.25) is 0 Å². The molecule has 0 atom stereocenters. The van der Waals surface area contributed by atoms with Gasteiger partial charge in [0.25, 0.3) is 0 Å². The monoisotopic (exact) mass is 263 g/mol. The smallest absolute Gasteiger partial charge is 0.357 e. The Morgan fingerprint density at radius 2 is 2.44 bits per heavy atom. The Morgan fingerprint density at radius 1 is 1.61 bits per heavy atom. The molecule has 0 N–H and O–H groups in total. The zero-order chi connectivity index (χ0) is 13.0. The topological polar surface area (TPSA) is 57.0 Å². The second kappa shape index (κ2) is 5.46. The van der Waals surface area contributed by atoms with Crippen LogP contribution in [0.15, 0.2) is 43.2 Å². The van der Waals surface area contributed by atoms with Gasteiger partial charge in [-0.15, -0.1) is 0 Å². The van der Waals surface area contributed by atoms with E-state index >= 15 is 0 Å². The number of hydrogen-bond donors (Lipinski definition) is 0. The first kappa shape index (κ1) is 12.3. The highest BCUT2D eigenvalue weighted by molar-refractivity contribution is 6.29. The lowest BCUT2D eigenvalue weighted by molar-refractivity contribution is 0.0539. The molecule has 92 valence electrons. The van der Waals surface area contributed by atoms with Gasteiger partial charge in [-0.05, 0) is 12.1 Å². The van der Waals surface area contributed by atoms with Gasteiger partial charge in [0.1, 0.15) is 6.61 Å². The van der Waals surface area contributed by atoms with Gasteiger partial charge < -0.3 is 4.74 Å². The van der Waals surface area contributed by atoms with Crippen LogP contribution in [0.1, 0.15) is 10.5 Å². The second-order valence-corrected chi connectivity index (χ2v) is 3.75. The molecule has 0 bridgehead atoms. The van der Waals surface area contributed by atoms with E-state index < -0.39 is 5.97 Å². The third-order valence-corrected chi connectivity index (χ3v) is 2.30. The second-order valence-electron chi connectivity index (χ2n) is 3.36. The lowest BCUT2D eigenvalue weighted by Gasteiger charge is -2.05. The summed E-state index contributed by atoms with van der Waals surface area (Å²) in [6.45, 7) is 3.61. The maximum Gasteiger partial charge on any atom is 0.357 e. The maximum atomic E-state index is 11.8. The molecule has 0 aliphatic carbocycles. The molecule has 2 rings (SSSR count). The van der Waals surface area contributed by atoms with Crippen molar-refractivity contribution < 1.29 is 9.53 Å². The Bertz CT molecular complexity index is 566. The Hall–Kier alpha value is -2.14. The van der Waals surface area contributed by atoms with Crippen molar-refractivity contribution in [3.8, 4) is 5.69 Å². The van der Waals surface area contributed by atoms with Crippen molar-refractivity contribution in [2.24, 2.45) is 0 Å². The first-order valence-electron chi connectivity index (χ1n) is 5.16. The van der Waals surface area contributed by atoms with Gasteiger partial charge in [-0.3, -0.25) is 4.98 Å². The van der Waals surface area contributed by atoms with E-state index in [1.807, 2.05) is 0 Å². The number of hydrogen-bond acceptors (Lipinski definition) is 4. The fourth-order valence-electron chi connectivity index (χ4n) is 1.38. The molecule has 2 aromatic rings. The third-order valence-electron chi connectivity index (χ3n) is 2.11. The number of carbonyl (C=O) groups excluding carboxylic acids is 1. The van der Waals surface area contributed by atoms with Crippen molar-refractivity contribution in [2.45, 2.75) is 0 Å². The molecular formula is C12H10ClN3O2. The number of carbonyl (C=O) groups is 1. The van der Waals surface area contributed by atoms with Gasteiger partial charge in [-0.1, -0.05) is 24.3 Å². The van der Waals surface area contributed by atoms with E-state index in [1.165, 1.54) is 16.8 Å². The number of ether oxygens (including phenoxy) is 1. The predicted molar refractivity (Wildman–Crippen MR) is 66.8 cm³/mol. The van der Waals surface area contributed by atoms with Gasteiger partial charge in [-0.25, -0.2) is 9.48 Å². The standard InChI is InChI=1S/C12H10ClN3O2/c1-2-6-18-12(17)10-7-11(13)15-16(10)9-4-3-5-14-8-9/h2-5,7-8H,1,6H2. The van der Waals surface area contributed by atoms with Crippen LogP contribution in [-0.2, 0) is 4.74 Å². The summed E-state index contributed by atoms with van der Waals surface area (Å²) in [5, 5.41) is 4.24. The van der Waals surface area contributed by atoms with E-state index in [1.54, 1.807) is 24.5 Å². The molecule has 0 amide bonds. The average molecular weight is 264 g/mol. The molecule has 2 aromatic heterocycles. The minimum Gasteiger partial charge on any atom is -0.457 e. The molecule has 0 aliphatic heterocycles. The summed E-state index contributed by atoms with van der Waals surface area (Å²) in [6, 6.07) is 4.95. The van der Waals surface area contributed by atoms with Crippen molar-refractivity contribution >= 4 is 17.6 Å². The van der Waals surface area contributed by atoms with Crippen LogP contribution in [0.5, 0.6) is 0 Å². The normalized spacial score (nSPS) is 10.1. The van der Waals surface area contributed by atoms with E-state index in [0.29, 0.717) is 5.69 Å². The van der Waals surface area contributed by atoms with E-state index in [4.69, 9.17) is 16.3 Å². The van der Waals surface area contributed by atoms with Gasteiger partial charge in [0.05, 0.1) is 11.9 Å². The van der Waals surface area contributed by atoms with Crippen LogP contribution < -0.4 is 0 Å². The molecule has 0 aromatic carbocycles. The average Bonchev–Trinajstić information content (AvgIpc) is 2.79. The minimum absolute atomic E-state index is 0.134. The largest absolute Gasteiger partial charge is 0.457 e. The highest BCUT2D eigenvalue weighted by Crippen LogP contribution is 2.16. The quantitative estimate of drug-likeness (QED) is 0.627. The van der Waals surface area contributed by atoms with Crippen LogP contribution in [-0.4, -0.2) is 27.3 Å². The van der Waals surface area contributed by atoms with Crippen LogP contribution in [0.2, 0.25) is 5.15 Å². The van der Waals surface area contributed by atoms with Crippen LogP contribution in [0.25, 0.3) is 5.69 Å². The summed E-state index contributed by atoms with van der Waals surface area (Å²) in [5.74, 6) is -0.516. The van der Waals surface area contributed by atoms with Crippen molar-refractivity contribution in [1.29, 1.82) is 0 Å². The molecule has 2 heterocycles. The highest BCUT2D eigenvalue weighted by atomic mass is 35.5. The Balaban J connectivity index is 2.37. The summed E-state index contributed by atoms with van der Waals surface area (Å²) >= 11 is 5.81. The predicted octanol–water partition coefficient (Wildman–Crippen LogP) is 2.26. The SMILES string of the molecule is C=CCOC(=O)c1cc(Cl)nn1-c1cccnc1. The summed E-state index contributed by atoms with van der Waals surface area (Å²) < 4.78 is 6.35. The number of esters is 1. The Morgan fingerprint density at radius 3 is 3.11 bits per heavy atom. The molecule has 0 saturated heterocycles. The van der Waals surface area contributed by atoms with Crippen molar-refractivity contribution in [1.82, 2.24) is 14.8 Å². The van der Waals surface area contributed by atoms with Crippen molar-refractivity contribution in [2.75, 3.05) is 6.61 Å². The summed E-state index contributed by atoms with van der Waals surface area (Å²) in [4.78, 5) is 15.8. The van der Waals surface area contributed by atoms with Gasteiger partial charge in [-0.2, -0.15) is 5.10 Å². The highest BCUT2D eigenvalue weighted by Gasteiger charge is 2.17. The first-order chi connectivity index (χ1) is 8.72. The van der Waals surface area contributed by atoms with Crippen LogP contribution >= 0.6 is 11.6 Å². The van der Waals surface area contributed by atoms with Gasteiger partial charge >= 0.3 is 5.97 Å². The fourth-order valence-corrected chi connectivity index (χ4v) is 1.56. The third kappa shape index (κ3) is 2.57. The summed E-state index contributed by atoms with van der Waals surface area (Å²) in [5.41, 5.74) is 0.879. The first-order valence-corrected chi connectivity index (χ1v) is 5.54. The van der Waals surface area contributed by atoms with Gasteiger partial charge in [0, 0.05) is 12.3 Å². The fraction of sp³-hybridized carbons (Fsp3) is 0.0833. The molecule has 6 heteroatoms. The molecule has 5 nitrogen and oxygen atoms in total. The van der Waals surface area contributed by atoms with Gasteiger partial charge in [0.15, 0.2) is 10.8 Å². The number of rotatable bonds is 4. The number of halogens is 1. The van der Waals surface area contributed by atoms with E-state index in [0.717, 1.165) is 0 Å². The van der Waals surface area contributed by atoms with Crippen LogP contribution in [0.4, 0.5) is 0 Å². The molecule has 0 radical (unpaired) electrons.